The molecule has 144 valence electrons. The Hall–Kier alpha value is -2.77. The molecule has 0 aliphatic rings. The summed E-state index contributed by atoms with van der Waals surface area (Å²) in [7, 11) is 0. The van der Waals surface area contributed by atoms with E-state index in [0.717, 1.165) is 16.1 Å². The second-order valence-corrected chi connectivity index (χ2v) is 7.27. The Morgan fingerprint density at radius 2 is 1.89 bits per heavy atom. The molecule has 0 fully saturated rings. The van der Waals surface area contributed by atoms with Gasteiger partial charge < -0.3 is 15.4 Å². The van der Waals surface area contributed by atoms with Gasteiger partial charge in [-0.15, -0.1) is 0 Å². The molecule has 1 heterocycles. The number of nitrogens with one attached hydrogen (secondary N) is 2. The first-order chi connectivity index (χ1) is 13.6. The highest BCUT2D eigenvalue weighted by molar-refractivity contribution is 7.99. The van der Waals surface area contributed by atoms with Gasteiger partial charge in [0.1, 0.15) is 12.4 Å². The zero-order chi connectivity index (χ0) is 19.8. The van der Waals surface area contributed by atoms with Crippen LogP contribution in [-0.4, -0.2) is 29.2 Å². The van der Waals surface area contributed by atoms with Gasteiger partial charge in [0.15, 0.2) is 5.16 Å². The molecule has 3 rings (SSSR count). The van der Waals surface area contributed by atoms with Crippen molar-refractivity contribution < 1.29 is 9.53 Å². The summed E-state index contributed by atoms with van der Waals surface area (Å²) in [4.78, 5) is 21.5. The average molecular weight is 415 g/mol. The topological polar surface area (TPSA) is 76.1 Å². The number of carbonyl (C=O) groups is 1. The Morgan fingerprint density at radius 1 is 1.14 bits per heavy atom. The van der Waals surface area contributed by atoms with Crippen molar-refractivity contribution in [3.8, 4) is 5.75 Å². The third kappa shape index (κ3) is 6.14. The monoisotopic (exact) mass is 414 g/mol. The molecular weight excluding hydrogens is 396 g/mol. The van der Waals surface area contributed by atoms with Crippen molar-refractivity contribution >= 4 is 35.1 Å². The molecule has 0 radical (unpaired) electrons. The van der Waals surface area contributed by atoms with Crippen LogP contribution in [0.2, 0.25) is 5.02 Å². The van der Waals surface area contributed by atoms with Crippen LogP contribution in [-0.2, 0) is 0 Å². The van der Waals surface area contributed by atoms with E-state index in [0.29, 0.717) is 29.1 Å². The van der Waals surface area contributed by atoms with Gasteiger partial charge in [0.25, 0.3) is 0 Å². The zero-order valence-electron chi connectivity index (χ0n) is 15.2. The van der Waals surface area contributed by atoms with Gasteiger partial charge >= 0.3 is 6.03 Å². The largest absolute Gasteiger partial charge is 0.492 e. The number of hydrogen-bond donors (Lipinski definition) is 2. The number of ether oxygens (including phenoxy) is 1. The molecule has 0 saturated heterocycles. The summed E-state index contributed by atoms with van der Waals surface area (Å²) in [5.74, 6) is 0.706. The van der Waals surface area contributed by atoms with E-state index in [2.05, 4.69) is 20.6 Å². The number of halogens is 1. The Bertz CT molecular complexity index is 923. The van der Waals surface area contributed by atoms with Crippen LogP contribution in [0, 0.1) is 6.92 Å². The quantitative estimate of drug-likeness (QED) is 0.429. The summed E-state index contributed by atoms with van der Waals surface area (Å²) in [6, 6.07) is 14.4. The maximum atomic E-state index is 12.1. The van der Waals surface area contributed by atoms with Crippen molar-refractivity contribution in [2.45, 2.75) is 17.0 Å². The fourth-order valence-electron chi connectivity index (χ4n) is 2.31. The van der Waals surface area contributed by atoms with Gasteiger partial charge in [-0.3, -0.25) is 0 Å². The van der Waals surface area contributed by atoms with Crippen molar-refractivity contribution in [2.75, 3.05) is 18.5 Å². The van der Waals surface area contributed by atoms with Gasteiger partial charge in [0.2, 0.25) is 0 Å². The summed E-state index contributed by atoms with van der Waals surface area (Å²) < 4.78 is 5.54. The molecule has 0 bridgehead atoms. The number of rotatable bonds is 7. The van der Waals surface area contributed by atoms with Crippen LogP contribution in [0.1, 0.15) is 5.56 Å². The first-order valence-electron chi connectivity index (χ1n) is 8.59. The number of amides is 2. The van der Waals surface area contributed by atoms with E-state index in [9.17, 15) is 4.79 Å². The Kier molecular flexibility index (Phi) is 7.11. The molecule has 6 nitrogen and oxygen atoms in total. The highest BCUT2D eigenvalue weighted by atomic mass is 35.5. The molecule has 2 aromatic carbocycles. The number of hydrogen-bond acceptors (Lipinski definition) is 5. The maximum Gasteiger partial charge on any atom is 0.319 e. The van der Waals surface area contributed by atoms with E-state index in [4.69, 9.17) is 16.3 Å². The van der Waals surface area contributed by atoms with E-state index in [1.54, 1.807) is 42.7 Å². The number of aromatic nitrogens is 2. The minimum absolute atomic E-state index is 0.283. The van der Waals surface area contributed by atoms with Crippen molar-refractivity contribution in [1.29, 1.82) is 0 Å². The summed E-state index contributed by atoms with van der Waals surface area (Å²) in [5, 5.41) is 6.95. The molecule has 0 atom stereocenters. The molecule has 2 N–H and O–H groups in total. The number of nitrogens with zero attached hydrogens (tertiary/aromatic N) is 2. The second kappa shape index (κ2) is 9.96. The van der Waals surface area contributed by atoms with Crippen molar-refractivity contribution in [1.82, 2.24) is 15.3 Å². The van der Waals surface area contributed by atoms with Crippen molar-refractivity contribution in [2.24, 2.45) is 0 Å². The van der Waals surface area contributed by atoms with Gasteiger partial charge in [-0.2, -0.15) is 0 Å². The normalized spacial score (nSPS) is 10.4. The molecule has 0 saturated carbocycles. The molecule has 0 aliphatic heterocycles. The molecule has 0 spiro atoms. The molecular formula is C20H19ClN4O2S. The molecule has 2 amide bonds. The lowest BCUT2D eigenvalue weighted by molar-refractivity contribution is 0.247. The van der Waals surface area contributed by atoms with Crippen LogP contribution >= 0.6 is 23.4 Å². The van der Waals surface area contributed by atoms with Gasteiger partial charge in [-0.1, -0.05) is 11.6 Å². The number of anilines is 1. The molecule has 0 unspecified atom stereocenters. The zero-order valence-corrected chi connectivity index (χ0v) is 16.8. The Morgan fingerprint density at radius 3 is 2.61 bits per heavy atom. The van der Waals surface area contributed by atoms with Crippen LogP contribution in [0.3, 0.4) is 0 Å². The van der Waals surface area contributed by atoms with Crippen LogP contribution in [0.4, 0.5) is 10.5 Å². The smallest absolute Gasteiger partial charge is 0.319 e. The van der Waals surface area contributed by atoms with E-state index in [-0.39, 0.29) is 6.03 Å². The standard InChI is InChI=1S/C20H19ClN4O2S/c1-14-13-17(28-20-23-9-2-10-24-20)7-8-18(14)25-19(26)22-11-12-27-16-5-3-15(21)4-6-16/h2-10,13H,11-12H2,1H3,(H2,22,25,26). The molecule has 0 aliphatic carbocycles. The summed E-state index contributed by atoms with van der Waals surface area (Å²) in [6.45, 7) is 2.68. The van der Waals surface area contributed by atoms with Crippen molar-refractivity contribution in [3.63, 3.8) is 0 Å². The fourth-order valence-corrected chi connectivity index (χ4v) is 3.25. The number of benzene rings is 2. The first kappa shape index (κ1) is 20.0. The lowest BCUT2D eigenvalue weighted by Crippen LogP contribution is -2.32. The molecule has 1 aromatic heterocycles. The highest BCUT2D eigenvalue weighted by Crippen LogP contribution is 2.27. The van der Waals surface area contributed by atoms with Crippen LogP contribution in [0.5, 0.6) is 5.75 Å². The number of aryl methyl sites for hydroxylation is 1. The average Bonchev–Trinajstić information content (AvgIpc) is 2.69. The first-order valence-corrected chi connectivity index (χ1v) is 9.78. The van der Waals surface area contributed by atoms with E-state index in [1.165, 1.54) is 11.8 Å². The van der Waals surface area contributed by atoms with Crippen LogP contribution < -0.4 is 15.4 Å². The minimum atomic E-state index is -0.283. The third-order valence-corrected chi connectivity index (χ3v) is 4.80. The number of urea groups is 1. The lowest BCUT2D eigenvalue weighted by Gasteiger charge is -2.11. The van der Waals surface area contributed by atoms with Gasteiger partial charge in [-0.25, -0.2) is 14.8 Å². The molecule has 8 heteroatoms. The van der Waals surface area contributed by atoms with E-state index >= 15 is 0 Å². The van der Waals surface area contributed by atoms with E-state index < -0.39 is 0 Å². The predicted octanol–water partition coefficient (Wildman–Crippen LogP) is 4.79. The maximum absolute atomic E-state index is 12.1. The highest BCUT2D eigenvalue weighted by Gasteiger charge is 2.07. The van der Waals surface area contributed by atoms with Gasteiger partial charge in [0, 0.05) is 28.0 Å². The van der Waals surface area contributed by atoms with Gasteiger partial charge in [0.05, 0.1) is 6.54 Å². The summed E-state index contributed by atoms with van der Waals surface area (Å²) >= 11 is 7.30. The molecule has 3 aromatic rings. The predicted molar refractivity (Wildman–Crippen MR) is 111 cm³/mol. The fraction of sp³-hybridized carbons (Fsp3) is 0.150. The summed E-state index contributed by atoms with van der Waals surface area (Å²) in [6.07, 6.45) is 3.41. The Labute approximate surface area is 172 Å². The Balaban J connectivity index is 1.45. The van der Waals surface area contributed by atoms with Crippen LogP contribution in [0.15, 0.2) is 71.0 Å². The van der Waals surface area contributed by atoms with Crippen molar-refractivity contribution in [3.05, 3.63) is 71.5 Å². The molecule has 28 heavy (non-hydrogen) atoms. The number of carbonyl (C=O) groups excluding carboxylic acids is 1. The minimum Gasteiger partial charge on any atom is -0.492 e. The summed E-state index contributed by atoms with van der Waals surface area (Å²) in [5.41, 5.74) is 1.70. The van der Waals surface area contributed by atoms with E-state index in [1.807, 2.05) is 25.1 Å². The third-order valence-electron chi connectivity index (χ3n) is 3.67. The van der Waals surface area contributed by atoms with Gasteiger partial charge in [-0.05, 0) is 72.8 Å². The van der Waals surface area contributed by atoms with Crippen LogP contribution in [0.25, 0.3) is 0 Å². The lowest BCUT2D eigenvalue weighted by atomic mass is 10.2. The SMILES string of the molecule is Cc1cc(Sc2ncccn2)ccc1NC(=O)NCCOc1ccc(Cl)cc1. The second-order valence-electron chi connectivity index (χ2n) is 5.79.